The maximum atomic E-state index is 13.5. The van der Waals surface area contributed by atoms with Crippen molar-refractivity contribution < 1.29 is 47.4 Å². The predicted octanol–water partition coefficient (Wildman–Crippen LogP) is 6.00. The molecule has 6 rings (SSSR count). The number of carbonyl (C=O) groups is 3. The van der Waals surface area contributed by atoms with Crippen LogP contribution in [0.3, 0.4) is 0 Å². The van der Waals surface area contributed by atoms with Crippen LogP contribution in [0.2, 0.25) is 0 Å². The number of nitrogens with one attached hydrogen (secondary N) is 4. The number of carbonyl (C=O) groups excluding carboxylic acids is 2. The molecule has 0 radical (unpaired) electrons. The normalized spacial score (nSPS) is 15.9. The lowest BCUT2D eigenvalue weighted by atomic mass is 9.88. The SMILES string of the molecule is CCN=c1cc2oc3cc(NCC)c(C)cc3c(-c3cc(C(=O)NCCSSCCC(=O)NCC#Cc4cn([C@H]5C[C@H](OCN=[N+]=[N-])[C@@H](CO[P+](=O)O)O5)c(=O)[nH]c4=O)ccc3C(=O)O)c-2cc1C. The number of aromatic amines is 1. The lowest BCUT2D eigenvalue weighted by molar-refractivity contribution is -0.120. The van der Waals surface area contributed by atoms with Crippen LogP contribution in [-0.2, 0) is 23.4 Å². The quantitative estimate of drug-likeness (QED) is 0.00718. The van der Waals surface area contributed by atoms with Crippen LogP contribution in [0.4, 0.5) is 5.69 Å². The zero-order valence-electron chi connectivity index (χ0n) is 37.9. The van der Waals surface area contributed by atoms with Crippen LogP contribution in [0.5, 0.6) is 0 Å². The average Bonchev–Trinajstić information content (AvgIpc) is 3.72. The van der Waals surface area contributed by atoms with Crippen molar-refractivity contribution >= 4 is 64.3 Å². The third kappa shape index (κ3) is 13.4. The Morgan fingerprint density at radius 1 is 1.07 bits per heavy atom. The molecule has 3 aliphatic rings. The van der Waals surface area contributed by atoms with Gasteiger partial charge in [0.2, 0.25) is 5.91 Å². The number of amides is 2. The molecule has 0 saturated carbocycles. The number of hydrogen-bond acceptors (Lipinski definition) is 15. The maximum absolute atomic E-state index is 13.5. The van der Waals surface area contributed by atoms with Crippen LogP contribution in [0.25, 0.3) is 43.9 Å². The number of rotatable bonds is 21. The largest absolute Gasteiger partial charge is 0.694 e. The van der Waals surface area contributed by atoms with Gasteiger partial charge in [-0.25, -0.2) is 9.59 Å². The highest BCUT2D eigenvalue weighted by Crippen LogP contribution is 2.43. The summed E-state index contributed by atoms with van der Waals surface area (Å²) in [4.78, 5) is 82.4. The minimum absolute atomic E-state index is 0.0288. The van der Waals surface area contributed by atoms with Crippen LogP contribution in [0.1, 0.15) is 70.3 Å². The molecule has 1 aliphatic carbocycles. The minimum Gasteiger partial charge on any atom is -0.478 e. The van der Waals surface area contributed by atoms with Gasteiger partial charge in [-0.15, -0.1) is 9.42 Å². The van der Waals surface area contributed by atoms with E-state index in [0.29, 0.717) is 64.6 Å². The lowest BCUT2D eigenvalue weighted by Crippen LogP contribution is -2.33. The van der Waals surface area contributed by atoms with E-state index < -0.39 is 43.9 Å². The molecule has 1 aromatic heterocycles. The maximum Gasteiger partial charge on any atom is 0.694 e. The van der Waals surface area contributed by atoms with Gasteiger partial charge in [-0.1, -0.05) is 38.5 Å². The van der Waals surface area contributed by atoms with E-state index in [-0.39, 0.29) is 61.2 Å². The first-order valence-electron chi connectivity index (χ1n) is 21.6. The molecule has 2 aromatic carbocycles. The zero-order chi connectivity index (χ0) is 49.6. The van der Waals surface area contributed by atoms with Gasteiger partial charge in [-0.3, -0.25) is 28.9 Å². The molecule has 21 nitrogen and oxygen atoms in total. The zero-order valence-corrected chi connectivity index (χ0v) is 40.4. The van der Waals surface area contributed by atoms with Crippen molar-refractivity contribution in [2.45, 2.75) is 59.0 Å². The number of nitrogens with zero attached hydrogens (tertiary/aromatic N) is 5. The van der Waals surface area contributed by atoms with E-state index in [1.807, 2.05) is 52.0 Å². The van der Waals surface area contributed by atoms with E-state index in [0.717, 1.165) is 26.7 Å². The van der Waals surface area contributed by atoms with Gasteiger partial charge >= 0.3 is 19.9 Å². The fourth-order valence-corrected chi connectivity index (χ4v) is 9.66. The number of carboxylic acids is 1. The van der Waals surface area contributed by atoms with Crippen molar-refractivity contribution in [1.82, 2.24) is 20.2 Å². The van der Waals surface area contributed by atoms with Gasteiger partial charge in [0.25, 0.3) is 11.5 Å². The van der Waals surface area contributed by atoms with Gasteiger partial charge < -0.3 is 34.9 Å². The van der Waals surface area contributed by atoms with E-state index in [9.17, 15) is 33.6 Å². The smallest absolute Gasteiger partial charge is 0.478 e. The van der Waals surface area contributed by atoms with E-state index in [4.69, 9.17) is 28.8 Å². The summed E-state index contributed by atoms with van der Waals surface area (Å²) in [5, 5.41) is 24.1. The Bertz CT molecular complexity index is 3020. The van der Waals surface area contributed by atoms with Crippen molar-refractivity contribution in [1.29, 1.82) is 0 Å². The standard InChI is InChI=1S/C45H48N9O12PS2/c1-5-47-33-19-35-31(16-25(33)3)41(32-17-26(4)34(48-6-2)20-36(32)65-35)30-18-27(9-10-29(30)44(58)59)42(56)50-13-15-69-68-14-11-39(55)49-12-7-8-28-22-54(45(60)52-43(28)57)40-21-37(63-24-51-53-46)38(66-40)23-64-67(61)62/h9-10,16-20,22,37-38,40H,5-6,11-15,21,23-24H2,1-4H3,(H5-,47,48,49,50,52,55,56,57,58,59,60,61,62)/p+1/t37-,38+,40+/m0/s1. The number of azide groups is 1. The summed E-state index contributed by atoms with van der Waals surface area (Å²) < 4.78 is 34.6. The van der Waals surface area contributed by atoms with Crippen LogP contribution < -0.4 is 32.6 Å². The highest BCUT2D eigenvalue weighted by atomic mass is 33.1. The molecule has 1 unspecified atom stereocenters. The molecule has 362 valence electrons. The number of hydrogen-bond donors (Lipinski definition) is 6. The van der Waals surface area contributed by atoms with E-state index in [1.165, 1.54) is 39.9 Å². The number of benzene rings is 3. The third-order valence-corrected chi connectivity index (χ3v) is 13.4. The molecule has 3 aromatic rings. The lowest BCUT2D eigenvalue weighted by Gasteiger charge is -2.20. The number of H-pyrrole nitrogens is 1. The van der Waals surface area contributed by atoms with Gasteiger partial charge in [0.05, 0.1) is 23.6 Å². The second-order valence-corrected chi connectivity index (χ2v) is 18.7. The number of fused-ring (bicyclic) bond motifs is 2. The number of ether oxygens (including phenoxy) is 2. The Labute approximate surface area is 403 Å². The van der Waals surface area contributed by atoms with Crippen molar-refractivity contribution in [3.63, 3.8) is 0 Å². The topological polar surface area (TPSA) is 302 Å². The Morgan fingerprint density at radius 2 is 1.87 bits per heavy atom. The fraction of sp³-hybridized carbons (Fsp3) is 0.378. The molecule has 6 N–H and O–H groups in total. The molecule has 1 saturated heterocycles. The summed E-state index contributed by atoms with van der Waals surface area (Å²) in [5.74, 6) is 5.00. The van der Waals surface area contributed by atoms with E-state index in [2.05, 4.69) is 47.8 Å². The Kier molecular flexibility index (Phi) is 18.6. The van der Waals surface area contributed by atoms with Crippen molar-refractivity contribution in [3.8, 4) is 34.3 Å². The molecule has 2 aliphatic heterocycles. The van der Waals surface area contributed by atoms with Gasteiger partial charge in [0.1, 0.15) is 42.6 Å². The molecule has 0 bridgehead atoms. The van der Waals surface area contributed by atoms with Crippen molar-refractivity contribution in [2.75, 3.05) is 56.3 Å². The van der Waals surface area contributed by atoms with Crippen molar-refractivity contribution in [3.05, 3.63) is 113 Å². The Balaban J connectivity index is 1.02. The molecule has 0 spiro atoms. The number of aromatic carboxylic acids is 1. The number of aryl methyl sites for hydroxylation is 2. The van der Waals surface area contributed by atoms with Crippen molar-refractivity contribution in [2.24, 2.45) is 10.1 Å². The summed E-state index contributed by atoms with van der Waals surface area (Å²) in [6, 6.07) is 12.2. The van der Waals surface area contributed by atoms with Gasteiger partial charge in [-0.2, -0.15) is 0 Å². The van der Waals surface area contributed by atoms with Crippen LogP contribution in [0.15, 0.2) is 72.8 Å². The summed E-state index contributed by atoms with van der Waals surface area (Å²) in [7, 11) is -0.0490. The monoisotopic (exact) mass is 1000 g/mol. The molecule has 3 heterocycles. The molecular formula is C45H49N9O12PS2+. The average molecular weight is 1000 g/mol. The first-order chi connectivity index (χ1) is 33.2. The summed E-state index contributed by atoms with van der Waals surface area (Å²) in [6.07, 6.45) is -1.29. The first-order valence-corrected chi connectivity index (χ1v) is 25.2. The minimum atomic E-state index is -2.95. The summed E-state index contributed by atoms with van der Waals surface area (Å²) >= 11 is 0. The van der Waals surface area contributed by atoms with Crippen LogP contribution in [0, 0.1) is 25.7 Å². The molecular weight excluding hydrogens is 954 g/mol. The third-order valence-electron chi connectivity index (χ3n) is 10.6. The fourth-order valence-electron chi connectivity index (χ4n) is 7.49. The molecule has 69 heavy (non-hydrogen) atoms. The van der Waals surface area contributed by atoms with Crippen LogP contribution >= 0.6 is 29.8 Å². The van der Waals surface area contributed by atoms with E-state index >= 15 is 0 Å². The van der Waals surface area contributed by atoms with Gasteiger partial charge in [0.15, 0.2) is 0 Å². The van der Waals surface area contributed by atoms with Gasteiger partial charge in [-0.05, 0) is 80.2 Å². The second-order valence-electron chi connectivity index (χ2n) is 15.2. The number of anilines is 1. The van der Waals surface area contributed by atoms with E-state index in [1.54, 1.807) is 6.07 Å². The Morgan fingerprint density at radius 3 is 2.61 bits per heavy atom. The number of aromatic nitrogens is 2. The number of carboxylic acid groups (broad SMARTS) is 1. The van der Waals surface area contributed by atoms with Gasteiger partial charge in [0, 0.05) is 99.6 Å². The second kappa shape index (κ2) is 24.7. The summed E-state index contributed by atoms with van der Waals surface area (Å²) in [5.41, 5.74) is 12.1. The molecule has 4 atom stereocenters. The molecule has 1 fully saturated rings. The molecule has 2 amide bonds. The highest BCUT2D eigenvalue weighted by molar-refractivity contribution is 8.76. The Hall–Kier alpha value is -6.47. The van der Waals surface area contributed by atoms with Crippen LogP contribution in [-0.4, -0.2) is 101 Å². The highest BCUT2D eigenvalue weighted by Gasteiger charge is 2.39. The predicted molar refractivity (Wildman–Crippen MR) is 261 cm³/mol. The summed E-state index contributed by atoms with van der Waals surface area (Å²) in [6.45, 7) is 8.59. The molecule has 24 heteroatoms. The first kappa shape index (κ1) is 51.9.